The van der Waals surface area contributed by atoms with E-state index in [0.29, 0.717) is 12.8 Å². The number of hydrogen-bond donors (Lipinski definition) is 0. The Morgan fingerprint density at radius 2 is 0.943 bits per heavy atom. The Morgan fingerprint density at radius 1 is 0.547 bits per heavy atom. The van der Waals surface area contributed by atoms with E-state index in [2.05, 4.69) is 26.0 Å². The van der Waals surface area contributed by atoms with Crippen LogP contribution < -0.4 is 5.11 Å². The third-order valence-corrected chi connectivity index (χ3v) is 10.2. The number of allylic oxidation sites excluding steroid dienone is 2. The van der Waals surface area contributed by atoms with Crippen LogP contribution in [0.5, 0.6) is 0 Å². The summed E-state index contributed by atoms with van der Waals surface area (Å²) in [5.74, 6) is -1.73. The van der Waals surface area contributed by atoms with E-state index < -0.39 is 18.1 Å². The summed E-state index contributed by atoms with van der Waals surface area (Å²) >= 11 is 0. The van der Waals surface area contributed by atoms with Gasteiger partial charge in [0.05, 0.1) is 40.3 Å². The molecule has 2 atom stereocenters. The minimum atomic E-state index is -1.12. The van der Waals surface area contributed by atoms with Crippen molar-refractivity contribution in [2.75, 3.05) is 41.0 Å². The second-order valence-corrected chi connectivity index (χ2v) is 16.3. The zero-order valence-electron chi connectivity index (χ0n) is 35.4. The molecule has 0 saturated heterocycles. The van der Waals surface area contributed by atoms with Gasteiger partial charge in [-0.2, -0.15) is 0 Å². The van der Waals surface area contributed by atoms with Crippen molar-refractivity contribution >= 4 is 17.9 Å². The molecule has 8 heteroatoms. The van der Waals surface area contributed by atoms with Gasteiger partial charge in [0.1, 0.15) is 12.6 Å². The van der Waals surface area contributed by atoms with E-state index in [1.165, 1.54) is 135 Å². The summed E-state index contributed by atoms with van der Waals surface area (Å²) in [7, 11) is 5.41. The second-order valence-electron chi connectivity index (χ2n) is 16.3. The van der Waals surface area contributed by atoms with Crippen LogP contribution in [0.15, 0.2) is 12.2 Å². The molecule has 0 radical (unpaired) electrons. The van der Waals surface area contributed by atoms with E-state index in [-0.39, 0.29) is 42.7 Å². The lowest BCUT2D eigenvalue weighted by molar-refractivity contribution is -0.889. The summed E-state index contributed by atoms with van der Waals surface area (Å²) in [5.41, 5.74) is 0. The molecular weight excluding hydrogens is 666 g/mol. The Balaban J connectivity index is 4.24. The lowest BCUT2D eigenvalue weighted by atomic mass is 10.1. The van der Waals surface area contributed by atoms with Crippen LogP contribution in [0.2, 0.25) is 0 Å². The molecule has 0 bridgehead atoms. The zero-order valence-corrected chi connectivity index (χ0v) is 35.4. The Hall–Kier alpha value is -1.93. The SMILES string of the molecule is CCCCCCCCCCC/C=C/CCCCCCCCCC(=O)OC(COCCC(C(=O)[O-])[N+](C)(C)C)COC(=O)CCCCCCCCCCC. The summed E-state index contributed by atoms with van der Waals surface area (Å²) in [6, 6.07) is -0.721. The topological polar surface area (TPSA) is 102 Å². The standard InChI is InChI=1S/C45H85NO7/c1-6-8-10-12-14-16-17-18-19-20-21-22-23-24-25-26-28-30-32-34-36-44(48)53-41(39-51-38-37-42(45(49)50)46(3,4)5)40-52-43(47)35-33-31-29-27-15-13-11-9-7-2/h21-22,41-42H,6-20,23-40H2,1-5H3/b22-21+. The Bertz CT molecular complexity index is 885. The van der Waals surface area contributed by atoms with Gasteiger partial charge in [-0.1, -0.05) is 161 Å². The number of carbonyl (C=O) groups is 3. The number of likely N-dealkylation sites (N-methyl/N-ethyl adjacent to an activating group) is 1. The van der Waals surface area contributed by atoms with Crippen LogP contribution in [0.4, 0.5) is 0 Å². The molecule has 0 aliphatic heterocycles. The Morgan fingerprint density at radius 3 is 1.36 bits per heavy atom. The number of aliphatic carboxylic acids is 1. The largest absolute Gasteiger partial charge is 0.544 e. The fourth-order valence-electron chi connectivity index (χ4n) is 6.65. The van der Waals surface area contributed by atoms with Crippen LogP contribution in [0, 0.1) is 0 Å². The first-order valence-corrected chi connectivity index (χ1v) is 22.2. The maximum absolute atomic E-state index is 12.7. The van der Waals surface area contributed by atoms with Crippen LogP contribution in [-0.2, 0) is 28.6 Å². The number of hydrogen-bond acceptors (Lipinski definition) is 7. The van der Waals surface area contributed by atoms with Crippen LogP contribution in [0.1, 0.15) is 206 Å². The molecule has 0 rings (SSSR count). The maximum atomic E-state index is 12.7. The van der Waals surface area contributed by atoms with Gasteiger partial charge in [-0.25, -0.2) is 0 Å². The van der Waals surface area contributed by atoms with E-state index in [1.807, 2.05) is 0 Å². The predicted molar refractivity (Wildman–Crippen MR) is 217 cm³/mol. The minimum absolute atomic E-state index is 0.0441. The highest BCUT2D eigenvalue weighted by Gasteiger charge is 2.25. The molecule has 0 aliphatic carbocycles. The van der Waals surface area contributed by atoms with Gasteiger partial charge < -0.3 is 28.6 Å². The number of unbranched alkanes of at least 4 members (excludes halogenated alkanes) is 24. The van der Waals surface area contributed by atoms with E-state index in [9.17, 15) is 19.5 Å². The van der Waals surface area contributed by atoms with Crippen molar-refractivity contribution in [2.24, 2.45) is 0 Å². The zero-order chi connectivity index (χ0) is 39.3. The number of carbonyl (C=O) groups excluding carboxylic acids is 3. The van der Waals surface area contributed by atoms with E-state index in [1.54, 1.807) is 21.1 Å². The highest BCUT2D eigenvalue weighted by Crippen LogP contribution is 2.15. The third kappa shape index (κ3) is 35.5. The molecule has 0 heterocycles. The summed E-state index contributed by atoms with van der Waals surface area (Å²) in [5, 5.41) is 11.6. The first kappa shape index (κ1) is 51.1. The number of ether oxygens (including phenoxy) is 3. The molecule has 0 aromatic carbocycles. The molecule has 0 spiro atoms. The quantitative estimate of drug-likeness (QED) is 0.0266. The molecular formula is C45H85NO7. The molecule has 0 aromatic rings. The second kappa shape index (κ2) is 37.0. The molecule has 0 aromatic heterocycles. The molecule has 0 N–H and O–H groups in total. The molecule has 53 heavy (non-hydrogen) atoms. The van der Waals surface area contributed by atoms with Crippen molar-refractivity contribution in [2.45, 2.75) is 219 Å². The lowest BCUT2D eigenvalue weighted by Crippen LogP contribution is -2.55. The number of carboxylic acids is 1. The van der Waals surface area contributed by atoms with Gasteiger partial charge in [0.25, 0.3) is 0 Å². The van der Waals surface area contributed by atoms with Crippen molar-refractivity contribution in [1.82, 2.24) is 0 Å². The Labute approximate surface area is 327 Å². The fourth-order valence-corrected chi connectivity index (χ4v) is 6.65. The molecule has 312 valence electrons. The molecule has 0 aliphatic rings. The van der Waals surface area contributed by atoms with Gasteiger partial charge >= 0.3 is 11.9 Å². The molecule has 0 saturated carbocycles. The highest BCUT2D eigenvalue weighted by molar-refractivity contribution is 5.70. The number of quaternary nitrogens is 1. The predicted octanol–water partition coefficient (Wildman–Crippen LogP) is 10.6. The van der Waals surface area contributed by atoms with Crippen molar-refractivity contribution in [3.8, 4) is 0 Å². The normalized spacial score (nSPS) is 13.0. The van der Waals surface area contributed by atoms with Gasteiger partial charge in [0.2, 0.25) is 0 Å². The van der Waals surface area contributed by atoms with Crippen LogP contribution in [0.3, 0.4) is 0 Å². The number of rotatable bonds is 40. The summed E-state index contributed by atoms with van der Waals surface area (Å²) in [6.45, 7) is 4.65. The third-order valence-electron chi connectivity index (χ3n) is 10.2. The van der Waals surface area contributed by atoms with Crippen molar-refractivity contribution in [1.29, 1.82) is 0 Å². The van der Waals surface area contributed by atoms with Crippen LogP contribution in [-0.4, -0.2) is 75.5 Å². The molecule has 2 unspecified atom stereocenters. The van der Waals surface area contributed by atoms with Crippen molar-refractivity contribution in [3.05, 3.63) is 12.2 Å². The molecule has 8 nitrogen and oxygen atoms in total. The highest BCUT2D eigenvalue weighted by atomic mass is 16.6. The average molecular weight is 752 g/mol. The van der Waals surface area contributed by atoms with E-state index >= 15 is 0 Å². The minimum Gasteiger partial charge on any atom is -0.544 e. The number of nitrogens with zero attached hydrogens (tertiary/aromatic N) is 1. The van der Waals surface area contributed by atoms with Gasteiger partial charge in [-0.15, -0.1) is 0 Å². The summed E-state index contributed by atoms with van der Waals surface area (Å²) < 4.78 is 17.1. The number of esters is 2. The molecule has 0 amide bonds. The number of carboxylic acid groups (broad SMARTS) is 1. The van der Waals surface area contributed by atoms with Crippen molar-refractivity contribution in [3.63, 3.8) is 0 Å². The van der Waals surface area contributed by atoms with Gasteiger partial charge in [0, 0.05) is 19.3 Å². The van der Waals surface area contributed by atoms with Gasteiger partial charge in [-0.05, 0) is 38.5 Å². The Kier molecular flexibility index (Phi) is 35.7. The average Bonchev–Trinajstić information content (AvgIpc) is 3.11. The van der Waals surface area contributed by atoms with E-state index in [0.717, 1.165) is 38.5 Å². The summed E-state index contributed by atoms with van der Waals surface area (Å²) in [6.07, 6.45) is 38.1. The fraction of sp³-hybridized carbons (Fsp3) is 0.889. The van der Waals surface area contributed by atoms with Gasteiger partial charge in [-0.3, -0.25) is 9.59 Å². The van der Waals surface area contributed by atoms with Gasteiger partial charge in [0.15, 0.2) is 6.10 Å². The first-order chi connectivity index (χ1) is 25.6. The van der Waals surface area contributed by atoms with Crippen LogP contribution in [0.25, 0.3) is 0 Å². The summed E-state index contributed by atoms with van der Waals surface area (Å²) in [4.78, 5) is 36.7. The van der Waals surface area contributed by atoms with E-state index in [4.69, 9.17) is 14.2 Å². The molecule has 0 fully saturated rings. The lowest BCUT2D eigenvalue weighted by Gasteiger charge is -2.34. The maximum Gasteiger partial charge on any atom is 0.306 e. The first-order valence-electron chi connectivity index (χ1n) is 22.2. The van der Waals surface area contributed by atoms with Crippen LogP contribution >= 0.6 is 0 Å². The monoisotopic (exact) mass is 752 g/mol. The van der Waals surface area contributed by atoms with Crippen molar-refractivity contribution < 1.29 is 38.2 Å². The smallest absolute Gasteiger partial charge is 0.306 e.